The maximum absolute atomic E-state index is 13.8. The Bertz CT molecular complexity index is 1220. The fourth-order valence-corrected chi connectivity index (χ4v) is 4.82. The van der Waals surface area contributed by atoms with Crippen LogP contribution in [0, 0.1) is 29.1 Å². The largest absolute Gasteiger partial charge is 0.372 e. The zero-order valence-corrected chi connectivity index (χ0v) is 16.2. The highest BCUT2D eigenvalue weighted by Crippen LogP contribution is 2.38. The van der Waals surface area contributed by atoms with E-state index in [1.807, 2.05) is 6.07 Å². The third-order valence-electron chi connectivity index (χ3n) is 5.33. The quantitative estimate of drug-likeness (QED) is 0.217. The van der Waals surface area contributed by atoms with Gasteiger partial charge in [0.05, 0.1) is 0 Å². The Hall–Kier alpha value is -2.68. The molecule has 158 valence electrons. The molecule has 0 unspecified atom stereocenters. The molecule has 1 fully saturated rings. The van der Waals surface area contributed by atoms with E-state index in [2.05, 4.69) is 4.18 Å². The van der Waals surface area contributed by atoms with Crippen molar-refractivity contribution in [2.75, 3.05) is 0 Å². The number of benzene rings is 3. The first-order valence-corrected chi connectivity index (χ1v) is 10.6. The van der Waals surface area contributed by atoms with E-state index in [1.54, 1.807) is 18.2 Å². The summed E-state index contributed by atoms with van der Waals surface area (Å²) < 4.78 is 96.8. The molecule has 3 nitrogen and oxygen atoms in total. The van der Waals surface area contributed by atoms with Crippen LogP contribution < -0.4 is 4.18 Å². The van der Waals surface area contributed by atoms with Crippen molar-refractivity contribution in [3.05, 3.63) is 71.0 Å². The molecule has 0 aliphatic heterocycles. The van der Waals surface area contributed by atoms with E-state index in [1.165, 1.54) is 12.1 Å². The van der Waals surface area contributed by atoms with Gasteiger partial charge >= 0.3 is 10.1 Å². The molecule has 0 bridgehead atoms. The van der Waals surface area contributed by atoms with Gasteiger partial charge in [0, 0.05) is 0 Å². The van der Waals surface area contributed by atoms with Crippen LogP contribution in [0.1, 0.15) is 37.2 Å². The SMILES string of the molecule is O=S(=O)(Oc1c(F)c(F)c(F)c(F)c1F)c1ccc2c(C3CCCC3)cccc2c1. The summed E-state index contributed by atoms with van der Waals surface area (Å²) in [5.41, 5.74) is 1.08. The molecule has 0 spiro atoms. The molecule has 0 atom stereocenters. The van der Waals surface area contributed by atoms with Crippen molar-refractivity contribution in [2.24, 2.45) is 0 Å². The van der Waals surface area contributed by atoms with E-state index in [0.717, 1.165) is 36.6 Å². The predicted molar refractivity (Wildman–Crippen MR) is 99.2 cm³/mol. The van der Waals surface area contributed by atoms with E-state index in [0.29, 0.717) is 11.3 Å². The Morgan fingerprint density at radius 3 is 2.03 bits per heavy atom. The second-order valence-electron chi connectivity index (χ2n) is 7.15. The molecule has 1 aliphatic carbocycles. The van der Waals surface area contributed by atoms with Gasteiger partial charge in [0.15, 0.2) is 0 Å². The maximum Gasteiger partial charge on any atom is 0.339 e. The summed E-state index contributed by atoms with van der Waals surface area (Å²) in [5.74, 6) is -13.2. The van der Waals surface area contributed by atoms with Crippen LogP contribution in [0.25, 0.3) is 10.8 Å². The number of fused-ring (bicyclic) bond motifs is 1. The van der Waals surface area contributed by atoms with Gasteiger partial charge in [-0.3, -0.25) is 0 Å². The lowest BCUT2D eigenvalue weighted by atomic mass is 9.92. The maximum atomic E-state index is 13.8. The molecule has 0 aromatic heterocycles. The van der Waals surface area contributed by atoms with Crippen molar-refractivity contribution in [3.63, 3.8) is 0 Å². The van der Waals surface area contributed by atoms with Gasteiger partial charge in [-0.1, -0.05) is 37.1 Å². The van der Waals surface area contributed by atoms with Gasteiger partial charge in [0.25, 0.3) is 0 Å². The van der Waals surface area contributed by atoms with E-state index in [-0.39, 0.29) is 0 Å². The smallest absolute Gasteiger partial charge is 0.339 e. The Kier molecular flexibility index (Phi) is 5.17. The van der Waals surface area contributed by atoms with Crippen LogP contribution in [0.5, 0.6) is 5.75 Å². The molecule has 0 radical (unpaired) electrons. The third-order valence-corrected chi connectivity index (χ3v) is 6.55. The first kappa shape index (κ1) is 20.6. The summed E-state index contributed by atoms with van der Waals surface area (Å²) in [6.45, 7) is 0. The highest BCUT2D eigenvalue weighted by molar-refractivity contribution is 7.87. The van der Waals surface area contributed by atoms with E-state index >= 15 is 0 Å². The van der Waals surface area contributed by atoms with Crippen LogP contribution in [0.4, 0.5) is 22.0 Å². The minimum atomic E-state index is -4.86. The van der Waals surface area contributed by atoms with Crippen molar-refractivity contribution in [1.29, 1.82) is 0 Å². The van der Waals surface area contributed by atoms with Crippen LogP contribution in [0.3, 0.4) is 0 Å². The van der Waals surface area contributed by atoms with Crippen molar-refractivity contribution in [2.45, 2.75) is 36.5 Å². The van der Waals surface area contributed by atoms with Crippen LogP contribution in [0.2, 0.25) is 0 Å². The molecular formula is C21H15F5O3S. The fraction of sp³-hybridized carbons (Fsp3) is 0.238. The number of rotatable bonds is 4. The Morgan fingerprint density at radius 2 is 1.40 bits per heavy atom. The van der Waals surface area contributed by atoms with E-state index in [4.69, 9.17) is 0 Å². The number of hydrogen-bond donors (Lipinski definition) is 0. The lowest BCUT2D eigenvalue weighted by Gasteiger charge is -2.14. The molecule has 0 N–H and O–H groups in total. The van der Waals surface area contributed by atoms with Gasteiger partial charge < -0.3 is 4.18 Å². The molecular weight excluding hydrogens is 427 g/mol. The molecule has 1 saturated carbocycles. The summed E-state index contributed by atoms with van der Waals surface area (Å²) in [5, 5.41) is 1.39. The summed E-state index contributed by atoms with van der Waals surface area (Å²) >= 11 is 0. The fourth-order valence-electron chi connectivity index (χ4n) is 3.85. The summed E-state index contributed by atoms with van der Waals surface area (Å²) in [4.78, 5) is -0.470. The molecule has 0 amide bonds. The molecule has 30 heavy (non-hydrogen) atoms. The van der Waals surface area contributed by atoms with Crippen LogP contribution in [-0.4, -0.2) is 8.42 Å². The Balaban J connectivity index is 1.75. The molecule has 9 heteroatoms. The molecule has 1 aliphatic rings. The molecule has 4 rings (SSSR count). The monoisotopic (exact) mass is 442 g/mol. The second kappa shape index (κ2) is 7.54. The summed E-state index contributed by atoms with van der Waals surface area (Å²) in [7, 11) is -4.86. The lowest BCUT2D eigenvalue weighted by Crippen LogP contribution is -2.14. The zero-order valence-electron chi connectivity index (χ0n) is 15.4. The van der Waals surface area contributed by atoms with Gasteiger partial charge in [0.1, 0.15) is 4.90 Å². The van der Waals surface area contributed by atoms with Gasteiger partial charge in [0.2, 0.25) is 34.8 Å². The van der Waals surface area contributed by atoms with Gasteiger partial charge in [-0.15, -0.1) is 0 Å². The zero-order chi connectivity index (χ0) is 21.6. The van der Waals surface area contributed by atoms with E-state index < -0.39 is 49.8 Å². The van der Waals surface area contributed by atoms with Crippen LogP contribution >= 0.6 is 0 Å². The van der Waals surface area contributed by atoms with Crippen molar-refractivity contribution in [1.82, 2.24) is 0 Å². The Morgan fingerprint density at radius 1 is 0.800 bits per heavy atom. The highest BCUT2D eigenvalue weighted by atomic mass is 32.2. The average Bonchev–Trinajstić information content (AvgIpc) is 3.28. The molecule has 3 aromatic carbocycles. The first-order chi connectivity index (χ1) is 14.2. The first-order valence-electron chi connectivity index (χ1n) is 9.19. The van der Waals surface area contributed by atoms with Crippen LogP contribution in [-0.2, 0) is 10.1 Å². The van der Waals surface area contributed by atoms with Gasteiger partial charge in [-0.05, 0) is 47.2 Å². The van der Waals surface area contributed by atoms with Crippen molar-refractivity contribution < 1.29 is 34.6 Å². The van der Waals surface area contributed by atoms with Crippen LogP contribution in [0.15, 0.2) is 41.3 Å². The minimum Gasteiger partial charge on any atom is -0.372 e. The van der Waals surface area contributed by atoms with Crippen molar-refractivity contribution in [3.8, 4) is 5.75 Å². The van der Waals surface area contributed by atoms with Gasteiger partial charge in [-0.25, -0.2) is 13.2 Å². The molecule has 0 heterocycles. The van der Waals surface area contributed by atoms with Crippen molar-refractivity contribution >= 4 is 20.9 Å². The average molecular weight is 442 g/mol. The third kappa shape index (κ3) is 3.40. The standard InChI is InChI=1S/C21H15F5O3S/c22-16-17(23)19(25)21(20(26)18(16)24)29-30(27,28)13-8-9-15-12(10-13)6-3-7-14(15)11-4-1-2-5-11/h3,6-11H,1-2,4-5H2. The second-order valence-corrected chi connectivity index (χ2v) is 8.69. The number of hydrogen-bond acceptors (Lipinski definition) is 3. The predicted octanol–water partition coefficient (Wildman–Crippen LogP) is 5.96. The Labute approximate surface area is 169 Å². The molecule has 0 saturated heterocycles. The highest BCUT2D eigenvalue weighted by Gasteiger charge is 2.31. The minimum absolute atomic E-state index is 0.362. The topological polar surface area (TPSA) is 43.4 Å². The van der Waals surface area contributed by atoms with Gasteiger partial charge in [-0.2, -0.15) is 17.2 Å². The number of halogens is 5. The molecule has 3 aromatic rings. The summed E-state index contributed by atoms with van der Waals surface area (Å²) in [6.07, 6.45) is 4.29. The lowest BCUT2D eigenvalue weighted by molar-refractivity contribution is 0.346. The van der Waals surface area contributed by atoms with E-state index in [9.17, 15) is 30.4 Å². The summed E-state index contributed by atoms with van der Waals surface area (Å²) in [6, 6.07) is 9.40. The normalized spacial score (nSPS) is 15.1.